The zero-order valence-electron chi connectivity index (χ0n) is 9.58. The molecule has 0 aromatic rings. The van der Waals surface area contributed by atoms with Crippen LogP contribution in [0.1, 0.15) is 26.2 Å². The number of ether oxygens (including phenoxy) is 3. The number of hydrogen-bond donors (Lipinski definition) is 0. The van der Waals surface area contributed by atoms with Crippen LogP contribution in [0, 0.1) is 0 Å². The van der Waals surface area contributed by atoms with Crippen LogP contribution in [0.25, 0.3) is 0 Å². The maximum Gasteiger partial charge on any atom is 0.100 e. The highest BCUT2D eigenvalue weighted by Crippen LogP contribution is 2.32. The number of halogens is 1. The van der Waals surface area contributed by atoms with Crippen LogP contribution in [0.15, 0.2) is 0 Å². The van der Waals surface area contributed by atoms with Gasteiger partial charge in [0, 0.05) is 26.9 Å². The van der Waals surface area contributed by atoms with E-state index in [0.29, 0.717) is 0 Å². The van der Waals surface area contributed by atoms with Crippen LogP contribution >= 0.6 is 11.6 Å². The first-order valence-corrected chi connectivity index (χ1v) is 6.09. The Hall–Kier alpha value is 0.170. The van der Waals surface area contributed by atoms with Crippen molar-refractivity contribution in [3.8, 4) is 0 Å². The second-order valence-electron chi connectivity index (χ2n) is 3.84. The molecule has 0 saturated heterocycles. The Labute approximate surface area is 97.0 Å². The Balaban J connectivity index is 2.08. The molecule has 3 atom stereocenters. The third-order valence-electron chi connectivity index (χ3n) is 2.52. The number of rotatable bonds is 8. The molecule has 0 heterocycles. The van der Waals surface area contributed by atoms with Gasteiger partial charge in [-0.15, -0.1) is 11.6 Å². The second kappa shape index (κ2) is 7.44. The second-order valence-corrected chi connectivity index (χ2v) is 4.40. The average molecular weight is 237 g/mol. The summed E-state index contributed by atoms with van der Waals surface area (Å²) in [6, 6.07) is 0. The highest BCUT2D eigenvalue weighted by molar-refractivity contribution is 6.21. The molecule has 1 saturated carbocycles. The molecule has 1 aliphatic rings. The van der Waals surface area contributed by atoms with Crippen molar-refractivity contribution in [2.75, 3.05) is 26.9 Å². The van der Waals surface area contributed by atoms with Crippen molar-refractivity contribution in [3.63, 3.8) is 0 Å². The fourth-order valence-electron chi connectivity index (χ4n) is 1.59. The zero-order chi connectivity index (χ0) is 11.1. The van der Waals surface area contributed by atoms with Crippen molar-refractivity contribution >= 4 is 11.6 Å². The van der Waals surface area contributed by atoms with Crippen molar-refractivity contribution in [2.24, 2.45) is 0 Å². The molecule has 3 unspecified atom stereocenters. The minimum Gasteiger partial charge on any atom is -0.385 e. The summed E-state index contributed by atoms with van der Waals surface area (Å²) in [7, 11) is 1.70. The lowest BCUT2D eigenvalue weighted by atomic mass is 9.91. The van der Waals surface area contributed by atoms with Gasteiger partial charge in [-0.1, -0.05) is 6.92 Å². The number of alkyl halides is 1. The van der Waals surface area contributed by atoms with E-state index in [1.54, 1.807) is 7.11 Å². The van der Waals surface area contributed by atoms with Crippen molar-refractivity contribution < 1.29 is 14.2 Å². The van der Waals surface area contributed by atoms with Crippen molar-refractivity contribution in [2.45, 2.75) is 43.8 Å². The van der Waals surface area contributed by atoms with E-state index in [0.717, 1.165) is 39.1 Å². The fraction of sp³-hybridized carbons (Fsp3) is 1.00. The Morgan fingerprint density at radius 3 is 2.60 bits per heavy atom. The lowest BCUT2D eigenvalue weighted by Crippen LogP contribution is -2.51. The molecule has 0 aromatic heterocycles. The molecule has 4 heteroatoms. The summed E-state index contributed by atoms with van der Waals surface area (Å²) in [5.41, 5.74) is 0. The lowest BCUT2D eigenvalue weighted by Gasteiger charge is -2.40. The van der Waals surface area contributed by atoms with Crippen LogP contribution in [0.5, 0.6) is 0 Å². The van der Waals surface area contributed by atoms with E-state index in [9.17, 15) is 0 Å². The highest BCUT2D eigenvalue weighted by atomic mass is 35.5. The smallest absolute Gasteiger partial charge is 0.100 e. The predicted octanol–water partition coefficient (Wildman–Crippen LogP) is 2.21. The zero-order valence-corrected chi connectivity index (χ0v) is 10.3. The molecule has 0 N–H and O–H groups in total. The third kappa shape index (κ3) is 4.27. The SMILES string of the molecule is CCCOC1C(Cl)CC1OCCCOC. The third-order valence-corrected chi connectivity index (χ3v) is 2.95. The molecule has 0 aromatic carbocycles. The van der Waals surface area contributed by atoms with Gasteiger partial charge in [-0.2, -0.15) is 0 Å². The lowest BCUT2D eigenvalue weighted by molar-refractivity contribution is -0.125. The monoisotopic (exact) mass is 236 g/mol. The van der Waals surface area contributed by atoms with Crippen molar-refractivity contribution in [3.05, 3.63) is 0 Å². The minimum atomic E-state index is 0.0918. The standard InChI is InChI=1S/C11H21ClO3/c1-3-5-15-11-9(12)8-10(11)14-7-4-6-13-2/h9-11H,3-8H2,1-2H3. The molecule has 0 spiro atoms. The van der Waals surface area contributed by atoms with Gasteiger partial charge in [0.2, 0.25) is 0 Å². The summed E-state index contributed by atoms with van der Waals surface area (Å²) in [5, 5.41) is 0.129. The first-order chi connectivity index (χ1) is 7.29. The van der Waals surface area contributed by atoms with Gasteiger partial charge in [0.05, 0.1) is 11.5 Å². The highest BCUT2D eigenvalue weighted by Gasteiger charge is 2.41. The molecule has 0 aliphatic heterocycles. The molecule has 3 nitrogen and oxygen atoms in total. The minimum absolute atomic E-state index is 0.0918. The fourth-order valence-corrected chi connectivity index (χ4v) is 2.00. The summed E-state index contributed by atoms with van der Waals surface area (Å²) in [5.74, 6) is 0. The molecule has 0 amide bonds. The summed E-state index contributed by atoms with van der Waals surface area (Å²) in [6.45, 7) is 4.34. The Bertz CT molecular complexity index is 166. The van der Waals surface area contributed by atoms with Gasteiger partial charge >= 0.3 is 0 Å². The average Bonchev–Trinajstić information content (AvgIpc) is 2.23. The van der Waals surface area contributed by atoms with E-state index in [1.807, 2.05) is 0 Å². The molecule has 1 aliphatic carbocycles. The van der Waals surface area contributed by atoms with E-state index >= 15 is 0 Å². The van der Waals surface area contributed by atoms with E-state index in [1.165, 1.54) is 0 Å². The van der Waals surface area contributed by atoms with E-state index < -0.39 is 0 Å². The summed E-state index contributed by atoms with van der Waals surface area (Å²) >= 11 is 6.06. The Morgan fingerprint density at radius 2 is 2.00 bits per heavy atom. The Kier molecular flexibility index (Phi) is 6.57. The van der Waals surface area contributed by atoms with Gasteiger partial charge in [-0.05, 0) is 19.3 Å². The van der Waals surface area contributed by atoms with Gasteiger partial charge in [0.1, 0.15) is 6.10 Å². The molecule has 15 heavy (non-hydrogen) atoms. The first-order valence-electron chi connectivity index (χ1n) is 5.65. The van der Waals surface area contributed by atoms with Gasteiger partial charge in [0.15, 0.2) is 0 Å². The normalized spacial score (nSPS) is 30.2. The van der Waals surface area contributed by atoms with Crippen molar-refractivity contribution in [1.29, 1.82) is 0 Å². The van der Waals surface area contributed by atoms with Crippen LogP contribution in [-0.2, 0) is 14.2 Å². The molecule has 1 rings (SSSR count). The van der Waals surface area contributed by atoms with Crippen LogP contribution < -0.4 is 0 Å². The summed E-state index contributed by atoms with van der Waals surface area (Å²) < 4.78 is 16.2. The molecular formula is C11H21ClO3. The molecule has 0 bridgehead atoms. The summed E-state index contributed by atoms with van der Waals surface area (Å²) in [6.07, 6.45) is 3.14. The molecular weight excluding hydrogens is 216 g/mol. The van der Waals surface area contributed by atoms with Crippen LogP contribution in [0.4, 0.5) is 0 Å². The van der Waals surface area contributed by atoms with E-state index in [2.05, 4.69) is 6.92 Å². The quantitative estimate of drug-likeness (QED) is 0.478. The van der Waals surface area contributed by atoms with Crippen LogP contribution in [-0.4, -0.2) is 44.5 Å². The topological polar surface area (TPSA) is 27.7 Å². The largest absolute Gasteiger partial charge is 0.385 e. The maximum absolute atomic E-state index is 6.06. The van der Waals surface area contributed by atoms with Gasteiger partial charge < -0.3 is 14.2 Å². The number of methoxy groups -OCH3 is 1. The summed E-state index contributed by atoms with van der Waals surface area (Å²) in [4.78, 5) is 0. The Morgan fingerprint density at radius 1 is 1.20 bits per heavy atom. The van der Waals surface area contributed by atoms with Gasteiger partial charge in [-0.25, -0.2) is 0 Å². The van der Waals surface area contributed by atoms with E-state index in [-0.39, 0.29) is 17.6 Å². The van der Waals surface area contributed by atoms with Gasteiger partial charge in [0.25, 0.3) is 0 Å². The van der Waals surface area contributed by atoms with E-state index in [4.69, 9.17) is 25.8 Å². The molecule has 0 radical (unpaired) electrons. The van der Waals surface area contributed by atoms with Crippen LogP contribution in [0.3, 0.4) is 0 Å². The predicted molar refractivity (Wildman–Crippen MR) is 60.5 cm³/mol. The molecule has 90 valence electrons. The molecule has 1 fully saturated rings. The first kappa shape index (κ1) is 13.2. The van der Waals surface area contributed by atoms with Gasteiger partial charge in [-0.3, -0.25) is 0 Å². The van der Waals surface area contributed by atoms with Crippen LogP contribution in [0.2, 0.25) is 0 Å². The number of hydrogen-bond acceptors (Lipinski definition) is 3. The maximum atomic E-state index is 6.06. The van der Waals surface area contributed by atoms with Crippen molar-refractivity contribution in [1.82, 2.24) is 0 Å².